The smallest absolute Gasteiger partial charge is 0.251 e. The van der Waals surface area contributed by atoms with Crippen molar-refractivity contribution in [1.82, 2.24) is 14.5 Å². The number of amides is 1. The van der Waals surface area contributed by atoms with E-state index in [0.29, 0.717) is 5.56 Å². The predicted molar refractivity (Wildman–Crippen MR) is 90.5 cm³/mol. The van der Waals surface area contributed by atoms with Crippen molar-refractivity contribution in [1.29, 1.82) is 0 Å². The largest absolute Gasteiger partial charge is 0.366 e. The molecule has 0 atom stereocenters. The van der Waals surface area contributed by atoms with E-state index >= 15 is 0 Å². The summed E-state index contributed by atoms with van der Waals surface area (Å²) in [6.07, 6.45) is 3.77. The Labute approximate surface area is 132 Å². The Bertz CT molecular complexity index is 898. The molecule has 0 aliphatic carbocycles. The Balaban J connectivity index is 2.56. The number of aromatic nitrogens is 3. The van der Waals surface area contributed by atoms with Gasteiger partial charge in [0.1, 0.15) is 0 Å². The Kier molecular flexibility index (Phi) is 3.56. The quantitative estimate of drug-likeness (QED) is 0.594. The van der Waals surface area contributed by atoms with Crippen LogP contribution in [0.5, 0.6) is 0 Å². The van der Waals surface area contributed by atoms with Gasteiger partial charge in [0.25, 0.3) is 5.91 Å². The van der Waals surface area contributed by atoms with Crippen LogP contribution in [0.25, 0.3) is 21.8 Å². The zero-order valence-electron chi connectivity index (χ0n) is 13.0. The van der Waals surface area contributed by atoms with E-state index in [0.717, 1.165) is 32.7 Å². The van der Waals surface area contributed by atoms with Crippen molar-refractivity contribution in [2.75, 3.05) is 6.26 Å². The van der Waals surface area contributed by atoms with Gasteiger partial charge >= 0.3 is 0 Å². The Morgan fingerprint density at radius 2 is 2.09 bits per heavy atom. The molecule has 22 heavy (non-hydrogen) atoms. The summed E-state index contributed by atoms with van der Waals surface area (Å²) in [6.45, 7) is 6.11. The lowest BCUT2D eigenvalue weighted by Crippen LogP contribution is -2.13. The minimum Gasteiger partial charge on any atom is -0.366 e. The Morgan fingerprint density at radius 1 is 1.36 bits per heavy atom. The number of thioether (sulfide) groups is 1. The lowest BCUT2D eigenvalue weighted by atomic mass is 10.1. The van der Waals surface area contributed by atoms with E-state index in [9.17, 15) is 4.79 Å². The highest BCUT2D eigenvalue weighted by Gasteiger charge is 2.21. The third kappa shape index (κ3) is 2.06. The van der Waals surface area contributed by atoms with Crippen LogP contribution in [0, 0.1) is 6.92 Å². The van der Waals surface area contributed by atoms with E-state index in [4.69, 9.17) is 5.73 Å². The molecule has 0 spiro atoms. The maximum Gasteiger partial charge on any atom is 0.251 e. The molecule has 0 fully saturated rings. The highest BCUT2D eigenvalue weighted by molar-refractivity contribution is 7.98. The summed E-state index contributed by atoms with van der Waals surface area (Å²) in [4.78, 5) is 20.9. The molecule has 2 N–H and O–H groups in total. The van der Waals surface area contributed by atoms with E-state index in [1.807, 2.05) is 31.5 Å². The lowest BCUT2D eigenvalue weighted by Gasteiger charge is -2.13. The Hall–Kier alpha value is -2.08. The summed E-state index contributed by atoms with van der Waals surface area (Å²) in [6, 6.07) is 4.08. The first-order chi connectivity index (χ1) is 10.5. The summed E-state index contributed by atoms with van der Waals surface area (Å²) in [5.41, 5.74) is 8.88. The number of benzene rings is 1. The molecule has 0 bridgehead atoms. The second-order valence-corrected chi connectivity index (χ2v) is 6.32. The van der Waals surface area contributed by atoms with Gasteiger partial charge in [-0.1, -0.05) is 23.9 Å². The summed E-state index contributed by atoms with van der Waals surface area (Å²) >= 11 is 1.50. The fraction of sp³-hybridized carbons (Fsp3) is 0.312. The molecule has 0 aliphatic heterocycles. The average molecular weight is 314 g/mol. The number of hydrogen-bond acceptors (Lipinski definition) is 4. The lowest BCUT2D eigenvalue weighted by molar-refractivity contribution is 0.100. The number of carbonyl (C=O) groups is 1. The first-order valence-electron chi connectivity index (χ1n) is 7.09. The molecule has 6 heteroatoms. The second kappa shape index (κ2) is 5.28. The number of primary amides is 1. The van der Waals surface area contributed by atoms with Gasteiger partial charge in [-0.2, -0.15) is 0 Å². The number of nitrogens with zero attached hydrogens (tertiary/aromatic N) is 3. The predicted octanol–water partition coefficient (Wildman–Crippen LogP) is 3.29. The maximum atomic E-state index is 11.9. The van der Waals surface area contributed by atoms with E-state index in [1.54, 1.807) is 0 Å². The molecule has 3 aromatic rings. The van der Waals surface area contributed by atoms with Gasteiger partial charge < -0.3 is 10.3 Å². The van der Waals surface area contributed by atoms with E-state index in [2.05, 4.69) is 28.4 Å². The molecule has 0 unspecified atom stereocenters. The molecule has 2 heterocycles. The molecular weight excluding hydrogens is 296 g/mol. The minimum absolute atomic E-state index is 0.203. The number of nitrogens with two attached hydrogens (primary N) is 1. The zero-order valence-corrected chi connectivity index (χ0v) is 13.9. The molecule has 0 saturated heterocycles. The zero-order chi connectivity index (χ0) is 16.0. The fourth-order valence-corrected chi connectivity index (χ4v) is 3.39. The highest BCUT2D eigenvalue weighted by atomic mass is 32.2. The number of fused-ring (bicyclic) bond motifs is 3. The number of hydrogen-bond donors (Lipinski definition) is 1. The van der Waals surface area contributed by atoms with Gasteiger partial charge in [0, 0.05) is 28.7 Å². The second-order valence-electron chi connectivity index (χ2n) is 5.54. The van der Waals surface area contributed by atoms with E-state index < -0.39 is 5.91 Å². The summed E-state index contributed by atoms with van der Waals surface area (Å²) < 4.78 is 2.13. The molecule has 2 aromatic heterocycles. The van der Waals surface area contributed by atoms with Crippen LogP contribution in [0.3, 0.4) is 0 Å². The first-order valence-corrected chi connectivity index (χ1v) is 8.32. The van der Waals surface area contributed by atoms with Gasteiger partial charge in [-0.15, -0.1) is 0 Å². The normalized spacial score (nSPS) is 11.7. The van der Waals surface area contributed by atoms with Crippen molar-refractivity contribution in [3.63, 3.8) is 0 Å². The molecular formula is C16H18N4OS. The topological polar surface area (TPSA) is 73.8 Å². The van der Waals surface area contributed by atoms with E-state index in [1.165, 1.54) is 11.8 Å². The molecule has 0 radical (unpaired) electrons. The van der Waals surface area contributed by atoms with Crippen LogP contribution in [-0.4, -0.2) is 26.7 Å². The first kappa shape index (κ1) is 14.8. The van der Waals surface area contributed by atoms with Crippen molar-refractivity contribution < 1.29 is 4.79 Å². The highest BCUT2D eigenvalue weighted by Crippen LogP contribution is 2.33. The van der Waals surface area contributed by atoms with Crippen LogP contribution in [-0.2, 0) is 0 Å². The maximum absolute atomic E-state index is 11.9. The van der Waals surface area contributed by atoms with Gasteiger partial charge in [-0.25, -0.2) is 9.97 Å². The van der Waals surface area contributed by atoms with Crippen molar-refractivity contribution in [3.05, 3.63) is 29.6 Å². The standard InChI is InChI=1S/C16H18N4OS/c1-8(2)20-9(3)12(15(17)21)11-6-5-10-7-18-16(22-4)19-13(10)14(11)20/h5-8H,1-4H3,(H2,17,21). The van der Waals surface area contributed by atoms with E-state index in [-0.39, 0.29) is 6.04 Å². The van der Waals surface area contributed by atoms with Gasteiger partial charge in [-0.3, -0.25) is 4.79 Å². The molecule has 5 nitrogen and oxygen atoms in total. The minimum atomic E-state index is -0.402. The SMILES string of the molecule is CSc1ncc2ccc3c(C(N)=O)c(C)n(C(C)C)c3c2n1. The molecule has 0 saturated carbocycles. The van der Waals surface area contributed by atoms with Crippen LogP contribution in [0.15, 0.2) is 23.5 Å². The monoisotopic (exact) mass is 314 g/mol. The van der Waals surface area contributed by atoms with Crippen LogP contribution < -0.4 is 5.73 Å². The van der Waals surface area contributed by atoms with Crippen molar-refractivity contribution >= 4 is 39.5 Å². The summed E-state index contributed by atoms with van der Waals surface area (Å²) in [5.74, 6) is -0.402. The molecule has 114 valence electrons. The summed E-state index contributed by atoms with van der Waals surface area (Å²) in [5, 5.41) is 2.53. The number of rotatable bonds is 3. The number of carbonyl (C=O) groups excluding carboxylic acids is 1. The van der Waals surface area contributed by atoms with Gasteiger partial charge in [0.05, 0.1) is 16.6 Å². The summed E-state index contributed by atoms with van der Waals surface area (Å²) in [7, 11) is 0. The van der Waals surface area contributed by atoms with Crippen molar-refractivity contribution in [3.8, 4) is 0 Å². The van der Waals surface area contributed by atoms with Crippen LogP contribution >= 0.6 is 11.8 Å². The molecule has 0 aliphatic rings. The van der Waals surface area contributed by atoms with Gasteiger partial charge in [-0.05, 0) is 27.0 Å². The van der Waals surface area contributed by atoms with Crippen LogP contribution in [0.2, 0.25) is 0 Å². The molecule has 1 amide bonds. The van der Waals surface area contributed by atoms with Crippen LogP contribution in [0.1, 0.15) is 35.9 Å². The Morgan fingerprint density at radius 3 is 2.68 bits per heavy atom. The third-order valence-electron chi connectivity index (χ3n) is 3.88. The molecule has 3 rings (SSSR count). The van der Waals surface area contributed by atoms with Gasteiger partial charge in [0.15, 0.2) is 5.16 Å². The average Bonchev–Trinajstić information content (AvgIpc) is 2.79. The van der Waals surface area contributed by atoms with Gasteiger partial charge in [0.2, 0.25) is 0 Å². The van der Waals surface area contributed by atoms with Crippen molar-refractivity contribution in [2.24, 2.45) is 5.73 Å². The fourth-order valence-electron chi connectivity index (χ4n) is 3.05. The third-order valence-corrected chi connectivity index (χ3v) is 4.44. The molecule has 1 aromatic carbocycles. The van der Waals surface area contributed by atoms with Crippen molar-refractivity contribution in [2.45, 2.75) is 32.0 Å². The van der Waals surface area contributed by atoms with Crippen LogP contribution in [0.4, 0.5) is 0 Å².